The monoisotopic (exact) mass is 483 g/mol. The van der Waals surface area contributed by atoms with Crippen molar-refractivity contribution >= 4 is 32.7 Å². The summed E-state index contributed by atoms with van der Waals surface area (Å²) >= 11 is 0. The van der Waals surface area contributed by atoms with Crippen LogP contribution in [0.15, 0.2) is 53.6 Å². The van der Waals surface area contributed by atoms with Gasteiger partial charge in [-0.1, -0.05) is 24.3 Å². The highest BCUT2D eigenvalue weighted by molar-refractivity contribution is 7.89. The number of fused-ring (bicyclic) bond motifs is 2. The standard InChI is InChI=1S/C24H29N5O4S/c1-24(2,25)23(31)28-21(12-16-13-27-20-6-4-3-5-19(16)20)22(30)29-10-9-15-7-8-18(34(26,32)33)11-17(15)14-29/h3-8,11,13,21,27H,9-10,12,14,25H2,1-2H3,(H,28,31)(H2,26,32,33). The fraction of sp³-hybridized carbons (Fsp3) is 0.333. The van der Waals surface area contributed by atoms with E-state index in [9.17, 15) is 18.0 Å². The van der Waals surface area contributed by atoms with Crippen LogP contribution in [0.2, 0.25) is 0 Å². The second-order valence-electron chi connectivity index (χ2n) is 9.30. The van der Waals surface area contributed by atoms with E-state index in [-0.39, 0.29) is 23.8 Å². The third-order valence-electron chi connectivity index (χ3n) is 6.12. The molecule has 0 radical (unpaired) electrons. The first-order chi connectivity index (χ1) is 15.9. The molecule has 1 atom stereocenters. The zero-order valence-corrected chi connectivity index (χ0v) is 20.0. The van der Waals surface area contributed by atoms with Gasteiger partial charge in [0.2, 0.25) is 21.8 Å². The molecule has 1 aliphatic rings. The lowest BCUT2D eigenvalue weighted by molar-refractivity contribution is -0.138. The van der Waals surface area contributed by atoms with Crippen LogP contribution in [0.25, 0.3) is 10.9 Å². The van der Waals surface area contributed by atoms with Crippen LogP contribution in [0, 0.1) is 0 Å². The first kappa shape index (κ1) is 23.9. The molecular formula is C24H29N5O4S. The van der Waals surface area contributed by atoms with Gasteiger partial charge in [0, 0.05) is 36.6 Å². The summed E-state index contributed by atoms with van der Waals surface area (Å²) in [6.07, 6.45) is 2.70. The van der Waals surface area contributed by atoms with Crippen LogP contribution in [0.4, 0.5) is 0 Å². The lowest BCUT2D eigenvalue weighted by Crippen LogP contribution is -2.57. The summed E-state index contributed by atoms with van der Waals surface area (Å²) in [4.78, 5) is 31.2. The Balaban J connectivity index is 1.62. The zero-order chi connectivity index (χ0) is 24.7. The molecule has 0 fully saturated rings. The van der Waals surface area contributed by atoms with Crippen molar-refractivity contribution < 1.29 is 18.0 Å². The van der Waals surface area contributed by atoms with Gasteiger partial charge in [-0.2, -0.15) is 0 Å². The smallest absolute Gasteiger partial charge is 0.245 e. The molecule has 3 aromatic rings. The Hall–Kier alpha value is -3.21. The number of carbonyl (C=O) groups is 2. The van der Waals surface area contributed by atoms with Crippen LogP contribution in [-0.4, -0.2) is 48.2 Å². The molecular weight excluding hydrogens is 454 g/mol. The summed E-state index contributed by atoms with van der Waals surface area (Å²) in [5.74, 6) is -0.686. The molecule has 1 unspecified atom stereocenters. The number of hydrogen-bond acceptors (Lipinski definition) is 5. The predicted molar refractivity (Wildman–Crippen MR) is 129 cm³/mol. The van der Waals surface area contributed by atoms with Gasteiger partial charge in [-0.3, -0.25) is 9.59 Å². The first-order valence-corrected chi connectivity index (χ1v) is 12.6. The number of para-hydroxylation sites is 1. The highest BCUT2D eigenvalue weighted by Crippen LogP contribution is 2.24. The quantitative estimate of drug-likeness (QED) is 0.415. The summed E-state index contributed by atoms with van der Waals surface area (Å²) < 4.78 is 23.6. The van der Waals surface area contributed by atoms with Gasteiger partial charge >= 0.3 is 0 Å². The van der Waals surface area contributed by atoms with Crippen LogP contribution in [-0.2, 0) is 39.0 Å². The van der Waals surface area contributed by atoms with Crippen molar-refractivity contribution in [1.82, 2.24) is 15.2 Å². The number of primary sulfonamides is 1. The molecule has 1 aromatic heterocycles. The van der Waals surface area contributed by atoms with Crippen LogP contribution in [0.5, 0.6) is 0 Å². The first-order valence-electron chi connectivity index (χ1n) is 11.0. The second kappa shape index (κ2) is 8.86. The van der Waals surface area contributed by atoms with Crippen LogP contribution < -0.4 is 16.2 Å². The molecule has 10 heteroatoms. The molecule has 0 saturated carbocycles. The summed E-state index contributed by atoms with van der Waals surface area (Å²) in [5, 5.41) is 9.09. The highest BCUT2D eigenvalue weighted by atomic mass is 32.2. The van der Waals surface area contributed by atoms with Gasteiger partial charge in [-0.05, 0) is 55.2 Å². The number of rotatable bonds is 6. The van der Waals surface area contributed by atoms with E-state index in [0.29, 0.717) is 13.0 Å². The lowest BCUT2D eigenvalue weighted by Gasteiger charge is -2.33. The third kappa shape index (κ3) is 4.98. The van der Waals surface area contributed by atoms with E-state index in [4.69, 9.17) is 10.9 Å². The number of amides is 2. The maximum absolute atomic E-state index is 13.6. The highest BCUT2D eigenvalue weighted by Gasteiger charge is 2.32. The fourth-order valence-corrected chi connectivity index (χ4v) is 4.75. The summed E-state index contributed by atoms with van der Waals surface area (Å²) in [5.41, 5.74) is 8.36. The van der Waals surface area contributed by atoms with Crippen LogP contribution in [0.1, 0.15) is 30.5 Å². The van der Waals surface area contributed by atoms with Gasteiger partial charge in [-0.15, -0.1) is 0 Å². The summed E-state index contributed by atoms with van der Waals surface area (Å²) in [6.45, 7) is 3.85. The molecule has 4 rings (SSSR count). The minimum atomic E-state index is -3.86. The van der Waals surface area contributed by atoms with Gasteiger partial charge in [-0.25, -0.2) is 13.6 Å². The predicted octanol–water partition coefficient (Wildman–Crippen LogP) is 1.16. The number of hydrogen-bond donors (Lipinski definition) is 4. The average molecular weight is 484 g/mol. The number of aromatic nitrogens is 1. The molecule has 0 bridgehead atoms. The minimum absolute atomic E-state index is 0.00840. The normalized spacial score (nSPS) is 15.1. The molecule has 0 saturated heterocycles. The largest absolute Gasteiger partial charge is 0.361 e. The number of nitrogens with zero attached hydrogens (tertiary/aromatic N) is 1. The fourth-order valence-electron chi connectivity index (χ4n) is 4.18. The Bertz CT molecular complexity index is 1360. The molecule has 0 spiro atoms. The molecule has 9 nitrogen and oxygen atoms in total. The van der Waals surface area contributed by atoms with Gasteiger partial charge in [0.25, 0.3) is 0 Å². The van der Waals surface area contributed by atoms with Crippen LogP contribution in [0.3, 0.4) is 0 Å². The Kier molecular flexibility index (Phi) is 6.24. The molecule has 2 aromatic carbocycles. The summed E-state index contributed by atoms with van der Waals surface area (Å²) in [6, 6.07) is 11.6. The van der Waals surface area contributed by atoms with Crippen molar-refractivity contribution in [2.45, 2.75) is 49.7 Å². The number of aromatic amines is 1. The van der Waals surface area contributed by atoms with Crippen molar-refractivity contribution in [2.75, 3.05) is 6.54 Å². The Morgan fingerprint density at radius 1 is 1.18 bits per heavy atom. The number of carbonyl (C=O) groups excluding carboxylic acids is 2. The van der Waals surface area contributed by atoms with Crippen molar-refractivity contribution in [2.24, 2.45) is 10.9 Å². The average Bonchev–Trinajstić information content (AvgIpc) is 3.19. The molecule has 1 aliphatic heterocycles. The minimum Gasteiger partial charge on any atom is -0.361 e. The van der Waals surface area contributed by atoms with E-state index in [1.54, 1.807) is 24.8 Å². The van der Waals surface area contributed by atoms with Gasteiger partial charge in [0.05, 0.1) is 10.4 Å². The van der Waals surface area contributed by atoms with Gasteiger partial charge < -0.3 is 20.9 Å². The summed E-state index contributed by atoms with van der Waals surface area (Å²) in [7, 11) is -3.86. The van der Waals surface area contributed by atoms with Crippen LogP contribution >= 0.6 is 0 Å². The maximum Gasteiger partial charge on any atom is 0.245 e. The number of sulfonamides is 1. The topological polar surface area (TPSA) is 151 Å². The van der Waals surface area contributed by atoms with Gasteiger partial charge in [0.1, 0.15) is 6.04 Å². The number of H-pyrrole nitrogens is 1. The number of benzene rings is 2. The zero-order valence-electron chi connectivity index (χ0n) is 19.2. The lowest BCUT2D eigenvalue weighted by atomic mass is 9.97. The van der Waals surface area contributed by atoms with E-state index in [2.05, 4.69) is 10.3 Å². The molecule has 2 amide bonds. The second-order valence-corrected chi connectivity index (χ2v) is 10.9. The molecule has 2 heterocycles. The van der Waals surface area contributed by atoms with E-state index < -0.39 is 27.5 Å². The molecule has 0 aliphatic carbocycles. The van der Waals surface area contributed by atoms with Crippen molar-refractivity contribution in [3.8, 4) is 0 Å². The van der Waals surface area contributed by atoms with Crippen molar-refractivity contribution in [1.29, 1.82) is 0 Å². The molecule has 180 valence electrons. The third-order valence-corrected chi connectivity index (χ3v) is 7.03. The Morgan fingerprint density at radius 2 is 1.91 bits per heavy atom. The van der Waals surface area contributed by atoms with Crippen molar-refractivity contribution in [3.05, 3.63) is 65.4 Å². The van der Waals surface area contributed by atoms with E-state index >= 15 is 0 Å². The van der Waals surface area contributed by atoms with E-state index in [1.165, 1.54) is 12.1 Å². The van der Waals surface area contributed by atoms with Crippen molar-refractivity contribution in [3.63, 3.8) is 0 Å². The maximum atomic E-state index is 13.6. The van der Waals surface area contributed by atoms with Gasteiger partial charge in [0.15, 0.2) is 0 Å². The molecule has 6 N–H and O–H groups in total. The van der Waals surface area contributed by atoms with E-state index in [1.807, 2.05) is 30.5 Å². The SMILES string of the molecule is CC(C)(N)C(=O)NC(Cc1c[nH]c2ccccc12)C(=O)N1CCc2ccc(S(N)(=O)=O)cc2C1. The number of nitrogens with two attached hydrogens (primary N) is 2. The Labute approximate surface area is 198 Å². The Morgan fingerprint density at radius 3 is 2.62 bits per heavy atom. The van der Waals surface area contributed by atoms with E-state index in [0.717, 1.165) is 27.6 Å². The molecule has 34 heavy (non-hydrogen) atoms. The number of nitrogens with one attached hydrogen (secondary N) is 2.